The van der Waals surface area contributed by atoms with Crippen molar-refractivity contribution < 1.29 is 8.42 Å². The third kappa shape index (κ3) is 4.96. The summed E-state index contributed by atoms with van der Waals surface area (Å²) in [6.07, 6.45) is 0.655. The molecule has 2 unspecified atom stereocenters. The zero-order chi connectivity index (χ0) is 14.5. The van der Waals surface area contributed by atoms with Crippen molar-refractivity contribution >= 4 is 9.84 Å². The van der Waals surface area contributed by atoms with Crippen LogP contribution in [0.5, 0.6) is 0 Å². The van der Waals surface area contributed by atoms with Crippen molar-refractivity contribution in [2.75, 3.05) is 6.54 Å². The Bertz CT molecular complexity index is 497. The van der Waals surface area contributed by atoms with E-state index in [2.05, 4.69) is 5.32 Å². The predicted octanol–water partition coefficient (Wildman–Crippen LogP) is 2.69. The van der Waals surface area contributed by atoms with Gasteiger partial charge in [-0.15, -0.1) is 0 Å². The van der Waals surface area contributed by atoms with Crippen LogP contribution in [0.2, 0.25) is 0 Å². The Hall–Kier alpha value is -0.870. The van der Waals surface area contributed by atoms with Crippen molar-refractivity contribution in [2.24, 2.45) is 0 Å². The molecule has 1 aromatic rings. The van der Waals surface area contributed by atoms with Crippen LogP contribution in [0.1, 0.15) is 38.3 Å². The second-order valence-electron chi connectivity index (χ2n) is 5.24. The molecule has 1 N–H and O–H groups in total. The summed E-state index contributed by atoms with van der Waals surface area (Å²) in [7, 11) is -3.09. The topological polar surface area (TPSA) is 46.2 Å². The van der Waals surface area contributed by atoms with Crippen LogP contribution < -0.4 is 5.32 Å². The van der Waals surface area contributed by atoms with Gasteiger partial charge in [-0.2, -0.15) is 0 Å². The van der Waals surface area contributed by atoms with Crippen LogP contribution in [0.3, 0.4) is 0 Å². The first kappa shape index (κ1) is 16.2. The first-order valence-electron chi connectivity index (χ1n) is 6.86. The number of benzene rings is 1. The molecule has 0 aliphatic rings. The molecule has 4 heteroatoms. The summed E-state index contributed by atoms with van der Waals surface area (Å²) in [5.74, 6) is 0.139. The third-order valence-corrected chi connectivity index (χ3v) is 5.60. The fourth-order valence-corrected chi connectivity index (χ4v) is 3.83. The normalized spacial score (nSPS) is 15.2. The summed E-state index contributed by atoms with van der Waals surface area (Å²) in [5, 5.41) is 2.94. The highest BCUT2D eigenvalue weighted by Crippen LogP contribution is 2.17. The van der Waals surface area contributed by atoms with E-state index in [1.165, 1.54) is 0 Å². The van der Waals surface area contributed by atoms with Crippen LogP contribution in [0.4, 0.5) is 0 Å². The van der Waals surface area contributed by atoms with Crippen molar-refractivity contribution in [2.45, 2.75) is 51.2 Å². The molecule has 0 amide bonds. The van der Waals surface area contributed by atoms with Gasteiger partial charge in [0.2, 0.25) is 0 Å². The molecule has 3 nitrogen and oxygen atoms in total. The summed E-state index contributed by atoms with van der Waals surface area (Å²) >= 11 is 0. The van der Waals surface area contributed by atoms with Crippen molar-refractivity contribution in [3.63, 3.8) is 0 Å². The van der Waals surface area contributed by atoms with Gasteiger partial charge in [-0.1, -0.05) is 31.2 Å². The van der Waals surface area contributed by atoms with Gasteiger partial charge in [0.15, 0.2) is 9.84 Å². The standard InChI is InChI=1S/C15H25NO2S/c1-5-16-13(3)10-14(4)19(17,18)11-15-9-7-6-8-12(15)2/h6-9,13-14,16H,5,10-11H2,1-4H3. The van der Waals surface area contributed by atoms with Crippen LogP contribution in [0.15, 0.2) is 24.3 Å². The highest BCUT2D eigenvalue weighted by atomic mass is 32.2. The molecule has 19 heavy (non-hydrogen) atoms. The molecule has 0 aromatic heterocycles. The molecular formula is C15H25NO2S. The van der Waals surface area contributed by atoms with E-state index in [-0.39, 0.29) is 17.0 Å². The molecule has 0 radical (unpaired) electrons. The predicted molar refractivity (Wildman–Crippen MR) is 81.0 cm³/mol. The van der Waals surface area contributed by atoms with Crippen molar-refractivity contribution in [1.29, 1.82) is 0 Å². The lowest BCUT2D eigenvalue weighted by Crippen LogP contribution is -2.32. The van der Waals surface area contributed by atoms with Gasteiger partial charge in [0.05, 0.1) is 11.0 Å². The van der Waals surface area contributed by atoms with Gasteiger partial charge in [0, 0.05) is 6.04 Å². The number of hydrogen-bond donors (Lipinski definition) is 1. The van der Waals surface area contributed by atoms with Crippen molar-refractivity contribution in [1.82, 2.24) is 5.32 Å². The van der Waals surface area contributed by atoms with Crippen LogP contribution in [-0.2, 0) is 15.6 Å². The molecule has 0 saturated carbocycles. The van der Waals surface area contributed by atoms with E-state index >= 15 is 0 Å². The maximum atomic E-state index is 12.4. The van der Waals surface area contributed by atoms with E-state index in [1.807, 2.05) is 45.0 Å². The van der Waals surface area contributed by atoms with E-state index in [1.54, 1.807) is 6.92 Å². The van der Waals surface area contributed by atoms with Gasteiger partial charge in [-0.3, -0.25) is 0 Å². The number of hydrogen-bond acceptors (Lipinski definition) is 3. The second-order valence-corrected chi connectivity index (χ2v) is 7.66. The zero-order valence-corrected chi connectivity index (χ0v) is 13.1. The van der Waals surface area contributed by atoms with E-state index in [4.69, 9.17) is 0 Å². The van der Waals surface area contributed by atoms with Crippen LogP contribution in [0.25, 0.3) is 0 Å². The summed E-state index contributed by atoms with van der Waals surface area (Å²) < 4.78 is 24.7. The number of nitrogens with one attached hydrogen (secondary N) is 1. The number of rotatable bonds is 7. The summed E-state index contributed by atoms with van der Waals surface area (Å²) in [6, 6.07) is 7.90. The zero-order valence-electron chi connectivity index (χ0n) is 12.3. The third-order valence-electron chi connectivity index (χ3n) is 3.47. The molecule has 0 aliphatic heterocycles. The van der Waals surface area contributed by atoms with Gasteiger partial charge < -0.3 is 5.32 Å². The molecule has 0 aliphatic carbocycles. The number of aryl methyl sites for hydroxylation is 1. The fraction of sp³-hybridized carbons (Fsp3) is 0.600. The van der Waals surface area contributed by atoms with Gasteiger partial charge in [0.25, 0.3) is 0 Å². The summed E-state index contributed by atoms with van der Waals surface area (Å²) in [6.45, 7) is 8.69. The van der Waals surface area contributed by atoms with Gasteiger partial charge in [-0.25, -0.2) is 8.42 Å². The molecule has 1 rings (SSSR count). The molecule has 1 aromatic carbocycles. The average molecular weight is 283 g/mol. The minimum absolute atomic E-state index is 0.139. The first-order chi connectivity index (χ1) is 8.86. The van der Waals surface area contributed by atoms with Gasteiger partial charge in [-0.05, 0) is 44.9 Å². The molecule has 0 bridgehead atoms. The van der Waals surface area contributed by atoms with Gasteiger partial charge in [0.1, 0.15) is 0 Å². The highest BCUT2D eigenvalue weighted by molar-refractivity contribution is 7.91. The van der Waals surface area contributed by atoms with Crippen LogP contribution in [0, 0.1) is 6.92 Å². The maximum Gasteiger partial charge on any atom is 0.157 e. The van der Waals surface area contributed by atoms with Gasteiger partial charge >= 0.3 is 0 Å². The Morgan fingerprint density at radius 2 is 1.84 bits per heavy atom. The fourth-order valence-electron chi connectivity index (χ4n) is 2.21. The second kappa shape index (κ2) is 7.06. The molecule has 0 spiro atoms. The van der Waals surface area contributed by atoms with E-state index in [0.717, 1.165) is 17.7 Å². The number of sulfone groups is 1. The summed E-state index contributed by atoms with van der Waals surface area (Å²) in [4.78, 5) is 0. The largest absolute Gasteiger partial charge is 0.314 e. The van der Waals surface area contributed by atoms with E-state index in [9.17, 15) is 8.42 Å². The quantitative estimate of drug-likeness (QED) is 0.837. The maximum absolute atomic E-state index is 12.4. The lowest BCUT2D eigenvalue weighted by atomic mass is 10.1. The SMILES string of the molecule is CCNC(C)CC(C)S(=O)(=O)Cc1ccccc1C. The minimum atomic E-state index is -3.09. The Labute approximate surface area is 117 Å². The summed E-state index contributed by atoms with van der Waals surface area (Å²) in [5.41, 5.74) is 1.95. The lowest BCUT2D eigenvalue weighted by molar-refractivity contribution is 0.509. The van der Waals surface area contributed by atoms with E-state index in [0.29, 0.717) is 6.42 Å². The Morgan fingerprint density at radius 1 is 1.21 bits per heavy atom. The van der Waals surface area contributed by atoms with Crippen LogP contribution in [-0.4, -0.2) is 26.3 Å². The van der Waals surface area contributed by atoms with Crippen molar-refractivity contribution in [3.8, 4) is 0 Å². The highest BCUT2D eigenvalue weighted by Gasteiger charge is 2.23. The first-order valence-corrected chi connectivity index (χ1v) is 8.57. The lowest BCUT2D eigenvalue weighted by Gasteiger charge is -2.19. The van der Waals surface area contributed by atoms with Crippen molar-refractivity contribution in [3.05, 3.63) is 35.4 Å². The Kier molecular flexibility index (Phi) is 6.01. The minimum Gasteiger partial charge on any atom is -0.314 e. The molecule has 0 fully saturated rings. The molecule has 0 heterocycles. The average Bonchev–Trinajstić information content (AvgIpc) is 2.32. The monoisotopic (exact) mass is 283 g/mol. The smallest absolute Gasteiger partial charge is 0.157 e. The van der Waals surface area contributed by atoms with E-state index < -0.39 is 9.84 Å². The van der Waals surface area contributed by atoms with Crippen LogP contribution >= 0.6 is 0 Å². The molecular weight excluding hydrogens is 258 g/mol. The molecule has 108 valence electrons. The Balaban J connectivity index is 2.73. The Morgan fingerprint density at radius 3 is 2.42 bits per heavy atom. The molecule has 0 saturated heterocycles. The molecule has 2 atom stereocenters.